The van der Waals surface area contributed by atoms with Gasteiger partial charge in [-0.25, -0.2) is 4.39 Å². The topological polar surface area (TPSA) is 32.3 Å². The Labute approximate surface area is 125 Å². The van der Waals surface area contributed by atoms with Gasteiger partial charge in [-0.05, 0) is 48.8 Å². The summed E-state index contributed by atoms with van der Waals surface area (Å²) in [7, 11) is 0. The van der Waals surface area contributed by atoms with Crippen LogP contribution in [0.4, 0.5) is 4.39 Å². The minimum absolute atomic E-state index is 0.108. The van der Waals surface area contributed by atoms with Gasteiger partial charge in [0.15, 0.2) is 0 Å². The molecule has 1 saturated heterocycles. The van der Waals surface area contributed by atoms with Crippen LogP contribution in [0.15, 0.2) is 24.3 Å². The summed E-state index contributed by atoms with van der Waals surface area (Å²) in [5.74, 6) is 1.30. The van der Waals surface area contributed by atoms with Crippen LogP contribution in [-0.4, -0.2) is 23.4 Å². The summed E-state index contributed by atoms with van der Waals surface area (Å²) in [6.07, 6.45) is 3.19. The maximum Gasteiger partial charge on any atom is 0.238 e. The van der Waals surface area contributed by atoms with Crippen molar-refractivity contribution < 1.29 is 9.18 Å². The zero-order valence-electron chi connectivity index (χ0n) is 12.7. The molecule has 4 atom stereocenters. The van der Waals surface area contributed by atoms with Crippen molar-refractivity contribution >= 4 is 5.91 Å². The number of amides is 1. The molecule has 1 aromatic rings. The van der Waals surface area contributed by atoms with Gasteiger partial charge in [0, 0.05) is 6.04 Å². The summed E-state index contributed by atoms with van der Waals surface area (Å²) in [5.41, 5.74) is 0.966. The molecule has 4 heteroatoms. The van der Waals surface area contributed by atoms with Crippen LogP contribution >= 0.6 is 0 Å². The van der Waals surface area contributed by atoms with Gasteiger partial charge in [0.1, 0.15) is 12.0 Å². The van der Waals surface area contributed by atoms with E-state index >= 15 is 0 Å². The Morgan fingerprint density at radius 2 is 1.86 bits per heavy atom. The van der Waals surface area contributed by atoms with Gasteiger partial charge in [-0.15, -0.1) is 0 Å². The van der Waals surface area contributed by atoms with Gasteiger partial charge in [-0.1, -0.05) is 26.0 Å². The van der Waals surface area contributed by atoms with E-state index in [-0.39, 0.29) is 17.9 Å². The number of rotatable bonds is 2. The molecule has 1 saturated carbocycles. The highest BCUT2D eigenvalue weighted by Crippen LogP contribution is 2.36. The maximum absolute atomic E-state index is 13.1. The molecule has 0 spiro atoms. The Kier molecular flexibility index (Phi) is 3.98. The number of nitrogens with zero attached hydrogens (tertiary/aromatic N) is 1. The van der Waals surface area contributed by atoms with Gasteiger partial charge in [-0.3, -0.25) is 10.1 Å². The van der Waals surface area contributed by atoms with Crippen molar-refractivity contribution in [3.8, 4) is 0 Å². The van der Waals surface area contributed by atoms with Crippen molar-refractivity contribution in [3.05, 3.63) is 35.6 Å². The number of benzene rings is 1. The fourth-order valence-corrected chi connectivity index (χ4v) is 3.63. The molecule has 3 rings (SSSR count). The largest absolute Gasteiger partial charge is 0.319 e. The van der Waals surface area contributed by atoms with Crippen molar-refractivity contribution in [2.75, 3.05) is 6.54 Å². The van der Waals surface area contributed by atoms with Crippen LogP contribution in [0.1, 0.15) is 44.8 Å². The number of hydrogen-bond acceptors (Lipinski definition) is 2. The molecule has 1 amide bonds. The minimum atomic E-state index is -0.241. The summed E-state index contributed by atoms with van der Waals surface area (Å²) in [5, 5.41) is 3.27. The van der Waals surface area contributed by atoms with Crippen molar-refractivity contribution in [2.45, 2.75) is 45.3 Å². The van der Waals surface area contributed by atoms with Crippen LogP contribution < -0.4 is 5.32 Å². The van der Waals surface area contributed by atoms with Gasteiger partial charge in [-0.2, -0.15) is 0 Å². The smallest absolute Gasteiger partial charge is 0.238 e. The average molecular weight is 290 g/mol. The van der Waals surface area contributed by atoms with Gasteiger partial charge < -0.3 is 4.90 Å². The maximum atomic E-state index is 13.1. The molecule has 1 aromatic carbocycles. The van der Waals surface area contributed by atoms with Gasteiger partial charge >= 0.3 is 0 Å². The molecule has 2 fully saturated rings. The third-order valence-corrected chi connectivity index (χ3v) is 5.16. The molecule has 114 valence electrons. The number of halogens is 1. The van der Waals surface area contributed by atoms with E-state index in [1.807, 2.05) is 4.90 Å². The van der Waals surface area contributed by atoms with E-state index in [2.05, 4.69) is 19.2 Å². The quantitative estimate of drug-likeness (QED) is 0.908. The van der Waals surface area contributed by atoms with Crippen molar-refractivity contribution in [2.24, 2.45) is 11.8 Å². The predicted octanol–water partition coefficient (Wildman–Crippen LogP) is 3.08. The van der Waals surface area contributed by atoms with Crippen LogP contribution in [-0.2, 0) is 4.79 Å². The average Bonchev–Trinajstić information content (AvgIpc) is 2.85. The molecular formula is C17H23FN2O. The second-order valence-electron chi connectivity index (χ2n) is 6.56. The fourth-order valence-electron chi connectivity index (χ4n) is 3.63. The third-order valence-electron chi connectivity index (χ3n) is 5.16. The molecule has 0 bridgehead atoms. The number of carbonyl (C=O) groups excluding carboxylic acids is 1. The second-order valence-corrected chi connectivity index (χ2v) is 6.56. The minimum Gasteiger partial charge on any atom is -0.319 e. The van der Waals surface area contributed by atoms with Crippen LogP contribution in [0, 0.1) is 17.7 Å². The highest BCUT2D eigenvalue weighted by molar-refractivity contribution is 5.81. The number of carbonyl (C=O) groups is 1. The van der Waals surface area contributed by atoms with E-state index in [1.54, 1.807) is 12.1 Å². The summed E-state index contributed by atoms with van der Waals surface area (Å²) < 4.78 is 13.1. The van der Waals surface area contributed by atoms with Crippen LogP contribution in [0.3, 0.4) is 0 Å². The summed E-state index contributed by atoms with van der Waals surface area (Å²) in [6, 6.07) is 6.77. The molecule has 1 heterocycles. The lowest BCUT2D eigenvalue weighted by molar-refractivity contribution is -0.131. The summed E-state index contributed by atoms with van der Waals surface area (Å²) in [6.45, 7) is 4.95. The molecule has 3 nitrogen and oxygen atoms in total. The van der Waals surface area contributed by atoms with Crippen molar-refractivity contribution in [1.29, 1.82) is 0 Å². The van der Waals surface area contributed by atoms with E-state index in [4.69, 9.17) is 0 Å². The Hall–Kier alpha value is -1.42. The molecule has 1 N–H and O–H groups in total. The molecule has 1 aliphatic heterocycles. The molecule has 2 aliphatic rings. The third kappa shape index (κ3) is 2.82. The Morgan fingerprint density at radius 3 is 2.52 bits per heavy atom. The molecular weight excluding hydrogens is 267 g/mol. The first-order chi connectivity index (χ1) is 10.1. The fraction of sp³-hybridized carbons (Fsp3) is 0.588. The second kappa shape index (κ2) is 5.76. The first kappa shape index (κ1) is 14.5. The Balaban J connectivity index is 1.81. The number of hydrogen-bond donors (Lipinski definition) is 1. The van der Waals surface area contributed by atoms with Gasteiger partial charge in [0.25, 0.3) is 0 Å². The SMILES string of the molecule is CC1CCC(N2C(=O)CNC2c2ccc(F)cc2)CC1C. The molecule has 0 aromatic heterocycles. The van der Waals surface area contributed by atoms with E-state index in [9.17, 15) is 9.18 Å². The van der Waals surface area contributed by atoms with Crippen molar-refractivity contribution in [3.63, 3.8) is 0 Å². The zero-order valence-corrected chi connectivity index (χ0v) is 12.7. The highest BCUT2D eigenvalue weighted by Gasteiger charge is 2.39. The standard InChI is InChI=1S/C17H23FN2O/c1-11-3-8-15(9-12(11)2)20-16(21)10-19-17(20)13-4-6-14(18)7-5-13/h4-7,11-12,15,17,19H,3,8-10H2,1-2H3. The monoisotopic (exact) mass is 290 g/mol. The molecule has 1 aliphatic carbocycles. The molecule has 4 unspecified atom stereocenters. The first-order valence-corrected chi connectivity index (χ1v) is 7.86. The Bertz CT molecular complexity index is 516. The lowest BCUT2D eigenvalue weighted by Crippen LogP contribution is -2.43. The van der Waals surface area contributed by atoms with Crippen LogP contribution in [0.2, 0.25) is 0 Å². The molecule has 21 heavy (non-hydrogen) atoms. The van der Waals surface area contributed by atoms with Crippen LogP contribution in [0.5, 0.6) is 0 Å². The zero-order chi connectivity index (χ0) is 15.0. The van der Waals surface area contributed by atoms with E-state index in [0.29, 0.717) is 18.5 Å². The lowest BCUT2D eigenvalue weighted by Gasteiger charge is -2.40. The van der Waals surface area contributed by atoms with Crippen molar-refractivity contribution in [1.82, 2.24) is 10.2 Å². The highest BCUT2D eigenvalue weighted by atomic mass is 19.1. The normalized spacial score (nSPS) is 33.5. The van der Waals surface area contributed by atoms with E-state index in [0.717, 1.165) is 24.3 Å². The van der Waals surface area contributed by atoms with Gasteiger partial charge in [0.2, 0.25) is 5.91 Å². The molecule has 0 radical (unpaired) electrons. The van der Waals surface area contributed by atoms with E-state index in [1.165, 1.54) is 18.6 Å². The lowest BCUT2D eigenvalue weighted by atomic mass is 9.78. The van der Waals surface area contributed by atoms with E-state index < -0.39 is 0 Å². The number of nitrogens with one attached hydrogen (secondary N) is 1. The summed E-state index contributed by atoms with van der Waals surface area (Å²) in [4.78, 5) is 14.3. The first-order valence-electron chi connectivity index (χ1n) is 7.86. The van der Waals surface area contributed by atoms with Crippen LogP contribution in [0.25, 0.3) is 0 Å². The summed E-state index contributed by atoms with van der Waals surface area (Å²) >= 11 is 0. The predicted molar refractivity (Wildman–Crippen MR) is 80.0 cm³/mol. The van der Waals surface area contributed by atoms with Gasteiger partial charge in [0.05, 0.1) is 6.54 Å². The Morgan fingerprint density at radius 1 is 1.14 bits per heavy atom.